The fraction of sp³-hybridized carbons (Fsp3) is 0.211. The van der Waals surface area contributed by atoms with Crippen LogP contribution in [0.2, 0.25) is 0 Å². The second kappa shape index (κ2) is 6.89. The zero-order valence-corrected chi connectivity index (χ0v) is 12.8. The summed E-state index contributed by atoms with van der Waals surface area (Å²) in [5, 5.41) is 2.86. The number of rotatable bonds is 4. The Labute approximate surface area is 126 Å². The van der Waals surface area contributed by atoms with E-state index in [1.165, 1.54) is 5.56 Å². The standard InChI is InChI=1S/C19H21NO/c1-14(2)17-10-7-16(8-11-17)9-12-19(21)20-18-6-4-5-15(3)13-18/h4-14H,1-3H3,(H,20,21). The molecule has 0 saturated heterocycles. The summed E-state index contributed by atoms with van der Waals surface area (Å²) in [5.74, 6) is 0.404. The first-order valence-corrected chi connectivity index (χ1v) is 7.20. The van der Waals surface area contributed by atoms with E-state index in [-0.39, 0.29) is 5.91 Å². The number of carbonyl (C=O) groups is 1. The van der Waals surface area contributed by atoms with E-state index in [0.717, 1.165) is 16.8 Å². The Morgan fingerprint density at radius 1 is 1.10 bits per heavy atom. The third kappa shape index (κ3) is 4.60. The molecule has 0 aliphatic carbocycles. The molecule has 0 fully saturated rings. The van der Waals surface area contributed by atoms with Crippen molar-refractivity contribution in [2.75, 3.05) is 5.32 Å². The molecule has 0 unspecified atom stereocenters. The molecular weight excluding hydrogens is 258 g/mol. The summed E-state index contributed by atoms with van der Waals surface area (Å²) in [4.78, 5) is 11.9. The predicted molar refractivity (Wildman–Crippen MR) is 89.4 cm³/mol. The van der Waals surface area contributed by atoms with Crippen LogP contribution in [0.5, 0.6) is 0 Å². The van der Waals surface area contributed by atoms with Gasteiger partial charge in [0, 0.05) is 11.8 Å². The molecule has 0 aromatic heterocycles. The molecule has 2 rings (SSSR count). The summed E-state index contributed by atoms with van der Waals surface area (Å²) in [6.07, 6.45) is 3.39. The summed E-state index contributed by atoms with van der Waals surface area (Å²) in [6.45, 7) is 6.34. The quantitative estimate of drug-likeness (QED) is 0.802. The highest BCUT2D eigenvalue weighted by molar-refractivity contribution is 6.01. The zero-order chi connectivity index (χ0) is 15.2. The normalized spacial score (nSPS) is 11.0. The van der Waals surface area contributed by atoms with Gasteiger partial charge in [-0.15, -0.1) is 0 Å². The Bertz CT molecular complexity index is 639. The van der Waals surface area contributed by atoms with Crippen LogP contribution in [0.15, 0.2) is 54.6 Å². The number of benzene rings is 2. The van der Waals surface area contributed by atoms with Crippen molar-refractivity contribution in [1.29, 1.82) is 0 Å². The van der Waals surface area contributed by atoms with Crippen molar-refractivity contribution in [2.24, 2.45) is 0 Å². The van der Waals surface area contributed by atoms with Gasteiger partial charge < -0.3 is 5.32 Å². The highest BCUT2D eigenvalue weighted by Crippen LogP contribution is 2.15. The number of hydrogen-bond donors (Lipinski definition) is 1. The van der Waals surface area contributed by atoms with Gasteiger partial charge in [-0.3, -0.25) is 4.79 Å². The van der Waals surface area contributed by atoms with Crippen LogP contribution in [0, 0.1) is 6.92 Å². The maximum Gasteiger partial charge on any atom is 0.248 e. The van der Waals surface area contributed by atoms with Gasteiger partial charge in [0.25, 0.3) is 0 Å². The van der Waals surface area contributed by atoms with Gasteiger partial charge in [0.15, 0.2) is 0 Å². The fourth-order valence-electron chi connectivity index (χ4n) is 2.07. The molecule has 2 heteroatoms. The molecule has 108 valence electrons. The average molecular weight is 279 g/mol. The van der Waals surface area contributed by atoms with Gasteiger partial charge >= 0.3 is 0 Å². The molecule has 0 bridgehead atoms. The molecule has 0 radical (unpaired) electrons. The van der Waals surface area contributed by atoms with Crippen molar-refractivity contribution < 1.29 is 4.79 Å². The molecule has 2 aromatic rings. The molecule has 0 aliphatic rings. The van der Waals surface area contributed by atoms with E-state index in [9.17, 15) is 4.79 Å². The van der Waals surface area contributed by atoms with E-state index in [4.69, 9.17) is 0 Å². The minimum absolute atomic E-state index is 0.117. The topological polar surface area (TPSA) is 29.1 Å². The SMILES string of the molecule is Cc1cccc(NC(=O)C=Cc2ccc(C(C)C)cc2)c1. The van der Waals surface area contributed by atoms with Crippen LogP contribution >= 0.6 is 0 Å². The van der Waals surface area contributed by atoms with Crippen molar-refractivity contribution in [1.82, 2.24) is 0 Å². The van der Waals surface area contributed by atoms with Gasteiger partial charge in [0.2, 0.25) is 5.91 Å². The van der Waals surface area contributed by atoms with Crippen molar-refractivity contribution in [3.63, 3.8) is 0 Å². The van der Waals surface area contributed by atoms with Gasteiger partial charge in [0.1, 0.15) is 0 Å². The van der Waals surface area contributed by atoms with Crippen LogP contribution in [0.25, 0.3) is 6.08 Å². The lowest BCUT2D eigenvalue weighted by Crippen LogP contribution is -2.07. The molecule has 0 aliphatic heterocycles. The third-order valence-electron chi connectivity index (χ3n) is 3.32. The minimum atomic E-state index is -0.117. The van der Waals surface area contributed by atoms with Crippen LogP contribution < -0.4 is 5.32 Å². The summed E-state index contributed by atoms with van der Waals surface area (Å²) in [7, 11) is 0. The average Bonchev–Trinajstić information content (AvgIpc) is 2.45. The van der Waals surface area contributed by atoms with Crippen molar-refractivity contribution in [3.05, 3.63) is 71.3 Å². The second-order valence-electron chi connectivity index (χ2n) is 5.51. The maximum absolute atomic E-state index is 11.9. The number of anilines is 1. The van der Waals surface area contributed by atoms with Crippen molar-refractivity contribution >= 4 is 17.7 Å². The summed E-state index contributed by atoms with van der Waals surface area (Å²) < 4.78 is 0. The molecule has 21 heavy (non-hydrogen) atoms. The van der Waals surface area contributed by atoms with E-state index in [1.54, 1.807) is 6.08 Å². The molecule has 0 heterocycles. The van der Waals surface area contributed by atoms with E-state index in [2.05, 4.69) is 31.3 Å². The van der Waals surface area contributed by atoms with Gasteiger partial charge in [-0.25, -0.2) is 0 Å². The molecular formula is C19H21NO. The van der Waals surface area contributed by atoms with Gasteiger partial charge in [0.05, 0.1) is 0 Å². The number of amides is 1. The lowest BCUT2D eigenvalue weighted by Gasteiger charge is -2.05. The number of nitrogens with one attached hydrogen (secondary N) is 1. The van der Waals surface area contributed by atoms with E-state index < -0.39 is 0 Å². The van der Waals surface area contributed by atoms with Crippen molar-refractivity contribution in [3.8, 4) is 0 Å². The van der Waals surface area contributed by atoms with Crippen LogP contribution in [0.3, 0.4) is 0 Å². The summed E-state index contributed by atoms with van der Waals surface area (Å²) in [5.41, 5.74) is 4.27. The molecule has 1 amide bonds. The third-order valence-corrected chi connectivity index (χ3v) is 3.32. The zero-order valence-electron chi connectivity index (χ0n) is 12.8. The Morgan fingerprint density at radius 2 is 1.81 bits per heavy atom. The molecule has 0 atom stereocenters. The number of carbonyl (C=O) groups excluding carboxylic acids is 1. The first kappa shape index (κ1) is 15.0. The Hall–Kier alpha value is -2.35. The lowest BCUT2D eigenvalue weighted by molar-refractivity contribution is -0.111. The molecule has 1 N–H and O–H groups in total. The maximum atomic E-state index is 11.9. The monoisotopic (exact) mass is 279 g/mol. The van der Waals surface area contributed by atoms with Crippen LogP contribution in [-0.2, 0) is 4.79 Å². The molecule has 0 saturated carbocycles. The fourth-order valence-corrected chi connectivity index (χ4v) is 2.07. The minimum Gasteiger partial charge on any atom is -0.323 e. The first-order valence-electron chi connectivity index (χ1n) is 7.20. The lowest BCUT2D eigenvalue weighted by atomic mass is 10.0. The van der Waals surface area contributed by atoms with Crippen LogP contribution in [0.4, 0.5) is 5.69 Å². The summed E-state index contributed by atoms with van der Waals surface area (Å²) >= 11 is 0. The van der Waals surface area contributed by atoms with Crippen molar-refractivity contribution in [2.45, 2.75) is 26.7 Å². The molecule has 0 spiro atoms. The Kier molecular flexibility index (Phi) is 4.94. The van der Waals surface area contributed by atoms with E-state index in [0.29, 0.717) is 5.92 Å². The Balaban J connectivity index is 1.98. The smallest absolute Gasteiger partial charge is 0.248 e. The Morgan fingerprint density at radius 3 is 2.43 bits per heavy atom. The number of hydrogen-bond acceptors (Lipinski definition) is 1. The highest BCUT2D eigenvalue weighted by Gasteiger charge is 1.99. The highest BCUT2D eigenvalue weighted by atomic mass is 16.1. The first-order chi connectivity index (χ1) is 10.0. The predicted octanol–water partition coefficient (Wildman–Crippen LogP) is 4.77. The van der Waals surface area contributed by atoms with Gasteiger partial charge in [-0.05, 0) is 47.7 Å². The van der Waals surface area contributed by atoms with E-state index in [1.807, 2.05) is 49.4 Å². The summed E-state index contributed by atoms with van der Waals surface area (Å²) in [6, 6.07) is 16.0. The second-order valence-corrected chi connectivity index (χ2v) is 5.51. The van der Waals surface area contributed by atoms with Crippen LogP contribution in [0.1, 0.15) is 36.5 Å². The van der Waals surface area contributed by atoms with Gasteiger partial charge in [-0.2, -0.15) is 0 Å². The largest absolute Gasteiger partial charge is 0.323 e. The van der Waals surface area contributed by atoms with Crippen LogP contribution in [-0.4, -0.2) is 5.91 Å². The van der Waals surface area contributed by atoms with E-state index >= 15 is 0 Å². The number of aryl methyl sites for hydroxylation is 1. The van der Waals surface area contributed by atoms with Gasteiger partial charge in [-0.1, -0.05) is 50.2 Å². The molecule has 2 nitrogen and oxygen atoms in total. The molecule has 2 aromatic carbocycles.